The van der Waals surface area contributed by atoms with Gasteiger partial charge in [-0.25, -0.2) is 13.2 Å². The van der Waals surface area contributed by atoms with Gasteiger partial charge in [-0.1, -0.05) is 12.1 Å². The van der Waals surface area contributed by atoms with E-state index in [4.69, 9.17) is 0 Å². The molecule has 2 aliphatic heterocycles. The van der Waals surface area contributed by atoms with Crippen LogP contribution in [-0.2, 0) is 14.8 Å². The van der Waals surface area contributed by atoms with Crippen molar-refractivity contribution in [1.29, 1.82) is 0 Å². The van der Waals surface area contributed by atoms with Crippen LogP contribution in [0.1, 0.15) is 26.7 Å². The van der Waals surface area contributed by atoms with Crippen molar-refractivity contribution in [3.8, 4) is 0 Å². The Labute approximate surface area is 156 Å². The van der Waals surface area contributed by atoms with Crippen molar-refractivity contribution in [2.24, 2.45) is 0 Å². The van der Waals surface area contributed by atoms with Gasteiger partial charge in [0, 0.05) is 25.2 Å². The first kappa shape index (κ1) is 19.2. The summed E-state index contributed by atoms with van der Waals surface area (Å²) in [6, 6.07) is 4.37. The van der Waals surface area contributed by atoms with Crippen LogP contribution in [0.3, 0.4) is 0 Å². The van der Waals surface area contributed by atoms with Gasteiger partial charge in [-0.2, -0.15) is 4.31 Å². The number of carbonyl (C=O) groups excluding carboxylic acids is 2. The maximum atomic E-state index is 12.9. The summed E-state index contributed by atoms with van der Waals surface area (Å²) in [7, 11) is -4.09. The van der Waals surface area contributed by atoms with Gasteiger partial charge in [-0.15, -0.1) is 0 Å². The molecule has 3 amide bonds. The third-order valence-electron chi connectivity index (χ3n) is 4.97. The average Bonchev–Trinajstić information content (AvgIpc) is 2.85. The molecule has 2 fully saturated rings. The number of sulfonamides is 1. The number of carbonyl (C=O) groups is 2. The van der Waals surface area contributed by atoms with Crippen LogP contribution in [0.4, 0.5) is 10.5 Å². The normalized spacial score (nSPS) is 20.3. The quantitative estimate of drug-likeness (QED) is 0.460. The number of imide groups is 1. The largest absolute Gasteiger partial charge is 0.325 e. The minimum absolute atomic E-state index is 0.0215. The number of nitro groups is 1. The van der Waals surface area contributed by atoms with E-state index in [1.165, 1.54) is 18.2 Å². The molecule has 2 heterocycles. The zero-order valence-electron chi connectivity index (χ0n) is 14.9. The van der Waals surface area contributed by atoms with Crippen LogP contribution in [0.2, 0.25) is 0 Å². The number of para-hydroxylation sites is 1. The van der Waals surface area contributed by atoms with Crippen molar-refractivity contribution in [2.75, 3.05) is 13.1 Å². The molecule has 0 atom stereocenters. The second kappa shape index (κ2) is 6.57. The summed E-state index contributed by atoms with van der Waals surface area (Å²) in [5.41, 5.74) is -1.61. The predicted octanol–water partition coefficient (Wildman–Crippen LogP) is 1.08. The van der Waals surface area contributed by atoms with Crippen LogP contribution in [0.5, 0.6) is 0 Å². The summed E-state index contributed by atoms with van der Waals surface area (Å²) < 4.78 is 26.9. The van der Waals surface area contributed by atoms with E-state index >= 15 is 0 Å². The minimum Gasteiger partial charge on any atom is -0.323 e. The van der Waals surface area contributed by atoms with Crippen molar-refractivity contribution in [3.63, 3.8) is 0 Å². The number of rotatable bonds is 4. The summed E-state index contributed by atoms with van der Waals surface area (Å²) in [5.74, 6) is -0.356. The summed E-state index contributed by atoms with van der Waals surface area (Å²) in [4.78, 5) is 36.0. The number of nitro benzene ring substituents is 1. The Morgan fingerprint density at radius 1 is 1.19 bits per heavy atom. The van der Waals surface area contributed by atoms with Gasteiger partial charge in [0.2, 0.25) is 10.0 Å². The number of benzene rings is 1. The van der Waals surface area contributed by atoms with Gasteiger partial charge in [-0.05, 0) is 32.8 Å². The molecule has 0 unspecified atom stereocenters. The maximum absolute atomic E-state index is 12.9. The lowest BCUT2D eigenvalue weighted by atomic mass is 9.88. The summed E-state index contributed by atoms with van der Waals surface area (Å²) in [6.07, 6.45) is 0.224. The first-order chi connectivity index (χ1) is 12.6. The molecule has 11 heteroatoms. The lowest BCUT2D eigenvalue weighted by Crippen LogP contribution is -2.56. The van der Waals surface area contributed by atoms with Gasteiger partial charge >= 0.3 is 6.03 Å². The van der Waals surface area contributed by atoms with Gasteiger partial charge in [0.1, 0.15) is 5.54 Å². The smallest absolute Gasteiger partial charge is 0.323 e. The molecule has 0 radical (unpaired) electrons. The number of amides is 3. The van der Waals surface area contributed by atoms with Crippen LogP contribution in [0, 0.1) is 10.1 Å². The number of nitrogens with zero attached hydrogens (tertiary/aromatic N) is 3. The standard InChI is InChI=1S/C16H20N4O6S/c1-11(2)19-14(21)16(17-15(19)22)7-9-18(10-8-16)27(25,26)13-6-4-3-5-12(13)20(23)24/h3-6,11H,7-10H2,1-2H3,(H,17,22). The van der Waals surface area contributed by atoms with E-state index in [0.29, 0.717) is 0 Å². The molecule has 1 N–H and O–H groups in total. The number of hydrogen-bond donors (Lipinski definition) is 1. The highest BCUT2D eigenvalue weighted by Crippen LogP contribution is 2.34. The van der Waals surface area contributed by atoms with E-state index in [0.717, 1.165) is 15.3 Å². The molecule has 3 rings (SSSR count). The molecule has 27 heavy (non-hydrogen) atoms. The Morgan fingerprint density at radius 2 is 1.78 bits per heavy atom. The van der Waals surface area contributed by atoms with E-state index in [-0.39, 0.29) is 42.8 Å². The van der Waals surface area contributed by atoms with Crippen molar-refractivity contribution in [3.05, 3.63) is 34.4 Å². The van der Waals surface area contributed by atoms with E-state index < -0.39 is 32.2 Å². The summed E-state index contributed by atoms with van der Waals surface area (Å²) in [5, 5.41) is 13.9. The van der Waals surface area contributed by atoms with Gasteiger partial charge in [0.05, 0.1) is 4.92 Å². The lowest BCUT2D eigenvalue weighted by Gasteiger charge is -2.36. The number of urea groups is 1. The Balaban J connectivity index is 1.83. The number of hydrogen-bond acceptors (Lipinski definition) is 6. The van der Waals surface area contributed by atoms with Crippen LogP contribution in [0.25, 0.3) is 0 Å². The molecule has 0 bridgehead atoms. The monoisotopic (exact) mass is 396 g/mol. The van der Waals surface area contributed by atoms with Crippen molar-refractivity contribution in [1.82, 2.24) is 14.5 Å². The number of piperidine rings is 1. The third kappa shape index (κ3) is 3.06. The second-order valence-corrected chi connectivity index (χ2v) is 8.82. The fraction of sp³-hybridized carbons (Fsp3) is 0.500. The first-order valence-corrected chi connectivity index (χ1v) is 9.93. The fourth-order valence-corrected chi connectivity index (χ4v) is 5.12. The molecule has 2 aliphatic rings. The Kier molecular flexibility index (Phi) is 4.68. The highest BCUT2D eigenvalue weighted by atomic mass is 32.2. The minimum atomic E-state index is -4.09. The average molecular weight is 396 g/mol. The van der Waals surface area contributed by atoms with Gasteiger partial charge < -0.3 is 5.32 Å². The Hall–Kier alpha value is -2.53. The summed E-state index contributed by atoms with van der Waals surface area (Å²) in [6.45, 7) is 3.41. The molecule has 146 valence electrons. The van der Waals surface area contributed by atoms with E-state index in [1.807, 2.05) is 0 Å². The molecule has 0 saturated carbocycles. The maximum Gasteiger partial charge on any atom is 0.325 e. The van der Waals surface area contributed by atoms with Crippen LogP contribution >= 0.6 is 0 Å². The summed E-state index contributed by atoms with van der Waals surface area (Å²) >= 11 is 0. The fourth-order valence-electron chi connectivity index (χ4n) is 3.52. The van der Waals surface area contributed by atoms with Crippen molar-refractivity contribution < 1.29 is 22.9 Å². The van der Waals surface area contributed by atoms with Crippen molar-refractivity contribution >= 4 is 27.6 Å². The molecule has 2 saturated heterocycles. The highest BCUT2D eigenvalue weighted by molar-refractivity contribution is 7.89. The van der Waals surface area contributed by atoms with Crippen molar-refractivity contribution in [2.45, 2.75) is 43.2 Å². The molecule has 1 spiro atoms. The Bertz CT molecular complexity index is 905. The molecular weight excluding hydrogens is 376 g/mol. The molecule has 1 aromatic carbocycles. The van der Waals surface area contributed by atoms with E-state index in [2.05, 4.69) is 5.32 Å². The van der Waals surface area contributed by atoms with Crippen LogP contribution < -0.4 is 5.32 Å². The zero-order chi connectivity index (χ0) is 20.0. The van der Waals surface area contributed by atoms with Gasteiger partial charge in [-0.3, -0.25) is 19.8 Å². The van der Waals surface area contributed by atoms with Gasteiger partial charge in [0.25, 0.3) is 11.6 Å². The zero-order valence-corrected chi connectivity index (χ0v) is 15.7. The molecular formula is C16H20N4O6S. The molecule has 0 aromatic heterocycles. The van der Waals surface area contributed by atoms with Gasteiger partial charge in [0.15, 0.2) is 4.90 Å². The Morgan fingerprint density at radius 3 is 2.30 bits per heavy atom. The third-order valence-corrected chi connectivity index (χ3v) is 6.91. The molecule has 10 nitrogen and oxygen atoms in total. The van der Waals surface area contributed by atoms with E-state index in [9.17, 15) is 28.1 Å². The van der Waals surface area contributed by atoms with Crippen LogP contribution in [-0.4, -0.2) is 59.2 Å². The van der Waals surface area contributed by atoms with E-state index in [1.54, 1.807) is 13.8 Å². The highest BCUT2D eigenvalue weighted by Gasteiger charge is 2.54. The lowest BCUT2D eigenvalue weighted by molar-refractivity contribution is -0.387. The number of nitrogens with one attached hydrogen (secondary N) is 1. The SMILES string of the molecule is CC(C)N1C(=O)NC2(CCN(S(=O)(=O)c3ccccc3[N+](=O)[O-])CC2)C1=O. The topological polar surface area (TPSA) is 130 Å². The van der Waals surface area contributed by atoms with Crippen LogP contribution in [0.15, 0.2) is 29.2 Å². The molecule has 0 aliphatic carbocycles. The molecule has 1 aromatic rings. The second-order valence-electron chi connectivity index (χ2n) is 6.91. The predicted molar refractivity (Wildman–Crippen MR) is 94.3 cm³/mol. The first-order valence-electron chi connectivity index (χ1n) is 8.49.